The van der Waals surface area contributed by atoms with Crippen molar-refractivity contribution in [3.8, 4) is 0 Å². The maximum absolute atomic E-state index is 13.1. The van der Waals surface area contributed by atoms with E-state index in [0.717, 1.165) is 37.1 Å². The van der Waals surface area contributed by atoms with Crippen LogP contribution in [0.15, 0.2) is 18.2 Å². The van der Waals surface area contributed by atoms with Crippen LogP contribution in [0.5, 0.6) is 0 Å². The van der Waals surface area contributed by atoms with E-state index < -0.39 is 5.41 Å². The number of nitrogens with one attached hydrogen (secondary N) is 1. The van der Waals surface area contributed by atoms with Crippen molar-refractivity contribution in [3.05, 3.63) is 28.8 Å². The number of likely N-dealkylation sites (tertiary alicyclic amines) is 1. The molecular formula is C19H25ClN2O2. The van der Waals surface area contributed by atoms with Crippen molar-refractivity contribution in [3.63, 3.8) is 0 Å². The van der Waals surface area contributed by atoms with E-state index in [0.29, 0.717) is 17.9 Å². The van der Waals surface area contributed by atoms with E-state index in [1.807, 2.05) is 17.9 Å². The van der Waals surface area contributed by atoms with Crippen LogP contribution < -0.4 is 5.32 Å². The van der Waals surface area contributed by atoms with Crippen LogP contribution in [-0.2, 0) is 9.59 Å². The van der Waals surface area contributed by atoms with Gasteiger partial charge < -0.3 is 10.2 Å². The van der Waals surface area contributed by atoms with Gasteiger partial charge in [-0.15, -0.1) is 0 Å². The maximum atomic E-state index is 13.1. The van der Waals surface area contributed by atoms with Crippen LogP contribution in [0, 0.1) is 12.3 Å². The zero-order valence-electron chi connectivity index (χ0n) is 14.4. The highest BCUT2D eigenvalue weighted by Gasteiger charge is 2.58. The van der Waals surface area contributed by atoms with Crippen LogP contribution in [-0.4, -0.2) is 29.3 Å². The van der Waals surface area contributed by atoms with Crippen LogP contribution in [0.2, 0.25) is 5.02 Å². The molecule has 1 aliphatic carbocycles. The van der Waals surface area contributed by atoms with Crippen LogP contribution in [0.4, 0.5) is 5.69 Å². The number of benzene rings is 1. The van der Waals surface area contributed by atoms with Gasteiger partial charge in [0, 0.05) is 23.3 Å². The van der Waals surface area contributed by atoms with Crippen molar-refractivity contribution < 1.29 is 9.59 Å². The number of aryl methyl sites for hydroxylation is 1. The summed E-state index contributed by atoms with van der Waals surface area (Å²) in [6, 6.07) is 5.65. The zero-order chi connectivity index (χ0) is 17.3. The van der Waals surface area contributed by atoms with Gasteiger partial charge in [0.2, 0.25) is 11.8 Å². The Kier molecular flexibility index (Phi) is 4.86. The number of rotatable bonds is 4. The standard InChI is InChI=1S/C19H25ClN2O2/c1-3-15-6-4-5-11-22(15)18(24)19(9-10-19)17(23)21-16-8-7-14(20)12-13(16)2/h7-8,12,15H,3-6,9-11H2,1-2H3,(H,21,23). The fourth-order valence-corrected chi connectivity index (χ4v) is 3.87. The van der Waals surface area contributed by atoms with E-state index in [4.69, 9.17) is 11.6 Å². The molecule has 0 spiro atoms. The van der Waals surface area contributed by atoms with E-state index in [1.165, 1.54) is 6.42 Å². The van der Waals surface area contributed by atoms with E-state index in [9.17, 15) is 9.59 Å². The van der Waals surface area contributed by atoms with Gasteiger partial charge in [0.15, 0.2) is 0 Å². The Morgan fingerprint density at radius 1 is 1.33 bits per heavy atom. The Hall–Kier alpha value is -1.55. The Morgan fingerprint density at radius 2 is 2.08 bits per heavy atom. The van der Waals surface area contributed by atoms with Gasteiger partial charge in [-0.05, 0) is 69.2 Å². The number of hydrogen-bond donors (Lipinski definition) is 1. The second-order valence-corrected chi connectivity index (χ2v) is 7.49. The van der Waals surface area contributed by atoms with E-state index >= 15 is 0 Å². The third-order valence-corrected chi connectivity index (χ3v) is 5.63. The zero-order valence-corrected chi connectivity index (χ0v) is 15.2. The lowest BCUT2D eigenvalue weighted by molar-refractivity contribution is -0.145. The van der Waals surface area contributed by atoms with Gasteiger partial charge in [-0.3, -0.25) is 9.59 Å². The molecule has 130 valence electrons. The minimum atomic E-state index is -0.850. The predicted octanol–water partition coefficient (Wildman–Crippen LogP) is 4.16. The molecule has 1 aromatic rings. The largest absolute Gasteiger partial charge is 0.339 e. The fourth-order valence-electron chi connectivity index (χ4n) is 3.64. The number of carbonyl (C=O) groups excluding carboxylic acids is 2. The molecule has 1 heterocycles. The molecule has 3 rings (SSSR count). The number of anilines is 1. The lowest BCUT2D eigenvalue weighted by Gasteiger charge is -2.37. The molecule has 1 saturated carbocycles. The summed E-state index contributed by atoms with van der Waals surface area (Å²) in [6.45, 7) is 4.81. The first-order valence-electron chi connectivity index (χ1n) is 8.86. The van der Waals surface area contributed by atoms with Gasteiger partial charge in [0.1, 0.15) is 5.41 Å². The quantitative estimate of drug-likeness (QED) is 0.830. The molecular weight excluding hydrogens is 324 g/mol. The minimum Gasteiger partial charge on any atom is -0.339 e. The summed E-state index contributed by atoms with van der Waals surface area (Å²) in [7, 11) is 0. The highest BCUT2D eigenvalue weighted by Crippen LogP contribution is 2.49. The molecule has 4 nitrogen and oxygen atoms in total. The van der Waals surface area contributed by atoms with Crippen molar-refractivity contribution in [2.45, 2.75) is 58.4 Å². The molecule has 0 aromatic heterocycles. The molecule has 1 N–H and O–H groups in total. The molecule has 1 aliphatic heterocycles. The summed E-state index contributed by atoms with van der Waals surface area (Å²) in [4.78, 5) is 27.9. The Morgan fingerprint density at radius 3 is 2.71 bits per heavy atom. The van der Waals surface area contributed by atoms with Gasteiger partial charge in [0.05, 0.1) is 0 Å². The van der Waals surface area contributed by atoms with Crippen LogP contribution in [0.25, 0.3) is 0 Å². The van der Waals surface area contributed by atoms with Gasteiger partial charge in [-0.25, -0.2) is 0 Å². The normalized spacial score (nSPS) is 22.1. The molecule has 1 aromatic carbocycles. The SMILES string of the molecule is CCC1CCCCN1C(=O)C1(C(=O)Nc2ccc(Cl)cc2C)CC1. The van der Waals surface area contributed by atoms with Crippen molar-refractivity contribution in [2.24, 2.45) is 5.41 Å². The molecule has 2 aliphatic rings. The third kappa shape index (κ3) is 3.16. The molecule has 0 bridgehead atoms. The highest BCUT2D eigenvalue weighted by atomic mass is 35.5. The van der Waals surface area contributed by atoms with Crippen molar-refractivity contribution in [1.29, 1.82) is 0 Å². The number of piperidine rings is 1. The second kappa shape index (κ2) is 6.75. The topological polar surface area (TPSA) is 49.4 Å². The average molecular weight is 349 g/mol. The molecule has 1 saturated heterocycles. The lowest BCUT2D eigenvalue weighted by atomic mass is 9.95. The van der Waals surface area contributed by atoms with Crippen LogP contribution in [0.1, 0.15) is 51.0 Å². The lowest BCUT2D eigenvalue weighted by Crippen LogP contribution is -2.49. The van der Waals surface area contributed by atoms with Gasteiger partial charge in [-0.2, -0.15) is 0 Å². The van der Waals surface area contributed by atoms with E-state index in [2.05, 4.69) is 12.2 Å². The molecule has 1 atom stereocenters. The number of amides is 2. The Bertz CT molecular complexity index is 655. The maximum Gasteiger partial charge on any atom is 0.240 e. The molecule has 5 heteroatoms. The number of hydrogen-bond acceptors (Lipinski definition) is 2. The number of carbonyl (C=O) groups is 2. The van der Waals surface area contributed by atoms with Crippen LogP contribution >= 0.6 is 11.6 Å². The van der Waals surface area contributed by atoms with Crippen LogP contribution in [0.3, 0.4) is 0 Å². The Labute approximate surface area is 148 Å². The third-order valence-electron chi connectivity index (χ3n) is 5.39. The predicted molar refractivity (Wildman–Crippen MR) is 96.1 cm³/mol. The van der Waals surface area contributed by atoms with Gasteiger partial charge in [0.25, 0.3) is 0 Å². The van der Waals surface area contributed by atoms with E-state index in [1.54, 1.807) is 12.1 Å². The summed E-state index contributed by atoms with van der Waals surface area (Å²) in [5.41, 5.74) is 0.786. The highest BCUT2D eigenvalue weighted by molar-refractivity contribution is 6.30. The fraction of sp³-hybridized carbons (Fsp3) is 0.579. The number of nitrogens with zero attached hydrogens (tertiary/aromatic N) is 1. The summed E-state index contributed by atoms with van der Waals surface area (Å²) < 4.78 is 0. The summed E-state index contributed by atoms with van der Waals surface area (Å²) >= 11 is 5.97. The molecule has 2 amide bonds. The summed E-state index contributed by atoms with van der Waals surface area (Å²) in [5, 5.41) is 3.59. The average Bonchev–Trinajstić information content (AvgIpc) is 3.38. The van der Waals surface area contributed by atoms with Gasteiger partial charge >= 0.3 is 0 Å². The smallest absolute Gasteiger partial charge is 0.240 e. The van der Waals surface area contributed by atoms with E-state index in [-0.39, 0.29) is 17.9 Å². The summed E-state index contributed by atoms with van der Waals surface area (Å²) in [5.74, 6) is -0.142. The second-order valence-electron chi connectivity index (χ2n) is 7.05. The molecule has 2 fully saturated rings. The Balaban J connectivity index is 1.75. The summed E-state index contributed by atoms with van der Waals surface area (Å²) in [6.07, 6.45) is 5.52. The first-order valence-corrected chi connectivity index (χ1v) is 9.24. The van der Waals surface area contributed by atoms with Gasteiger partial charge in [-0.1, -0.05) is 18.5 Å². The van der Waals surface area contributed by atoms with Crippen molar-refractivity contribution >= 4 is 29.1 Å². The first-order chi connectivity index (χ1) is 11.5. The molecule has 0 radical (unpaired) electrons. The van der Waals surface area contributed by atoms with Crippen molar-refractivity contribution in [2.75, 3.05) is 11.9 Å². The monoisotopic (exact) mass is 348 g/mol. The number of halogens is 1. The molecule has 1 unspecified atom stereocenters. The first kappa shape index (κ1) is 17.3. The minimum absolute atomic E-state index is 0.0261. The molecule has 24 heavy (non-hydrogen) atoms. The van der Waals surface area contributed by atoms with Crippen molar-refractivity contribution in [1.82, 2.24) is 4.90 Å².